The summed E-state index contributed by atoms with van der Waals surface area (Å²) in [4.78, 5) is 24.7. The molecule has 0 aliphatic carbocycles. The number of hydrogen-bond acceptors (Lipinski definition) is 4. The van der Waals surface area contributed by atoms with Crippen molar-refractivity contribution in [3.8, 4) is 11.5 Å². The van der Waals surface area contributed by atoms with Crippen molar-refractivity contribution in [1.82, 2.24) is 0 Å². The van der Waals surface area contributed by atoms with E-state index in [9.17, 15) is 9.59 Å². The molecule has 3 rings (SSSR count). The molecule has 0 spiro atoms. The molecule has 5 heteroatoms. The minimum absolute atomic E-state index is 0.108. The molecule has 0 saturated heterocycles. The van der Waals surface area contributed by atoms with Crippen LogP contribution in [-0.2, 0) is 4.79 Å². The number of carbonyl (C=O) groups is 2. The van der Waals surface area contributed by atoms with Crippen molar-refractivity contribution in [3.63, 3.8) is 0 Å². The van der Waals surface area contributed by atoms with Crippen molar-refractivity contribution in [2.24, 2.45) is 0 Å². The van der Waals surface area contributed by atoms with Gasteiger partial charge in [-0.25, -0.2) is 0 Å². The highest BCUT2D eigenvalue weighted by Gasteiger charge is 2.13. The number of amides is 1. The molecule has 3 aromatic rings. The number of ether oxygens (including phenoxy) is 2. The highest BCUT2D eigenvalue weighted by Crippen LogP contribution is 2.28. The Labute approximate surface area is 157 Å². The number of methoxy groups -OCH3 is 2. The van der Waals surface area contributed by atoms with Crippen LogP contribution in [-0.4, -0.2) is 25.9 Å². The van der Waals surface area contributed by atoms with Crippen LogP contribution < -0.4 is 14.8 Å². The summed E-state index contributed by atoms with van der Waals surface area (Å²) in [7, 11) is 3.06. The zero-order valence-corrected chi connectivity index (χ0v) is 15.3. The monoisotopic (exact) mass is 363 g/mol. The Balaban J connectivity index is 1.64. The van der Waals surface area contributed by atoms with Gasteiger partial charge in [0, 0.05) is 29.5 Å². The molecule has 0 radical (unpaired) electrons. The molecule has 0 atom stereocenters. The van der Waals surface area contributed by atoms with Gasteiger partial charge in [-0.05, 0) is 29.7 Å². The summed E-state index contributed by atoms with van der Waals surface area (Å²) >= 11 is 0. The Morgan fingerprint density at radius 3 is 2.37 bits per heavy atom. The Morgan fingerprint density at radius 1 is 0.852 bits per heavy atom. The first-order valence-corrected chi connectivity index (χ1v) is 8.65. The summed E-state index contributed by atoms with van der Waals surface area (Å²) in [6, 6.07) is 18.6. The lowest BCUT2D eigenvalue weighted by Crippen LogP contribution is -2.13. The fraction of sp³-hybridized carbons (Fsp3) is 0.182. The fourth-order valence-corrected chi connectivity index (χ4v) is 2.93. The van der Waals surface area contributed by atoms with Gasteiger partial charge in [0.25, 0.3) is 0 Å². The van der Waals surface area contributed by atoms with Crippen LogP contribution >= 0.6 is 0 Å². The number of carbonyl (C=O) groups excluding carboxylic acids is 2. The Kier molecular flexibility index (Phi) is 5.71. The van der Waals surface area contributed by atoms with Crippen LogP contribution in [0.2, 0.25) is 0 Å². The van der Waals surface area contributed by atoms with Crippen LogP contribution in [0.4, 0.5) is 5.69 Å². The maximum absolute atomic E-state index is 12.4. The van der Waals surface area contributed by atoms with Gasteiger partial charge in [0.15, 0.2) is 17.3 Å². The second-order valence-electron chi connectivity index (χ2n) is 6.07. The number of hydrogen-bond donors (Lipinski definition) is 1. The summed E-state index contributed by atoms with van der Waals surface area (Å²) in [6.45, 7) is 0. The van der Waals surface area contributed by atoms with E-state index in [1.165, 1.54) is 14.2 Å². The first-order chi connectivity index (χ1) is 13.1. The van der Waals surface area contributed by atoms with Gasteiger partial charge in [0.2, 0.25) is 5.91 Å². The van der Waals surface area contributed by atoms with Crippen molar-refractivity contribution in [3.05, 3.63) is 66.2 Å². The average Bonchev–Trinajstić information content (AvgIpc) is 2.71. The maximum Gasteiger partial charge on any atom is 0.224 e. The molecule has 0 aliphatic rings. The van der Waals surface area contributed by atoms with E-state index < -0.39 is 0 Å². The third-order valence-electron chi connectivity index (χ3n) is 4.35. The van der Waals surface area contributed by atoms with E-state index in [0.717, 1.165) is 16.5 Å². The SMILES string of the molecule is COc1ccc(C(=O)CCC(=O)Nc2cccc3ccccc23)cc1OC. The molecule has 27 heavy (non-hydrogen) atoms. The molecule has 0 heterocycles. The highest BCUT2D eigenvalue weighted by atomic mass is 16.5. The van der Waals surface area contributed by atoms with E-state index in [2.05, 4.69) is 5.32 Å². The van der Waals surface area contributed by atoms with Crippen LogP contribution in [0.5, 0.6) is 11.5 Å². The predicted octanol–water partition coefficient (Wildman–Crippen LogP) is 4.46. The highest BCUT2D eigenvalue weighted by molar-refractivity contribution is 6.04. The number of fused-ring (bicyclic) bond motifs is 1. The van der Waals surface area contributed by atoms with Gasteiger partial charge in [-0.2, -0.15) is 0 Å². The van der Waals surface area contributed by atoms with Crippen LogP contribution in [0.15, 0.2) is 60.7 Å². The second kappa shape index (κ2) is 8.36. The van der Waals surface area contributed by atoms with E-state index >= 15 is 0 Å². The molecular formula is C22H21NO4. The largest absolute Gasteiger partial charge is 0.493 e. The zero-order valence-electron chi connectivity index (χ0n) is 15.3. The Hall–Kier alpha value is -3.34. The topological polar surface area (TPSA) is 64.6 Å². The lowest BCUT2D eigenvalue weighted by molar-refractivity contribution is -0.116. The molecule has 0 aromatic heterocycles. The van der Waals surface area contributed by atoms with Gasteiger partial charge < -0.3 is 14.8 Å². The molecule has 0 fully saturated rings. The minimum Gasteiger partial charge on any atom is -0.493 e. The second-order valence-corrected chi connectivity index (χ2v) is 6.07. The predicted molar refractivity (Wildman–Crippen MR) is 106 cm³/mol. The third kappa shape index (κ3) is 4.26. The van der Waals surface area contributed by atoms with Gasteiger partial charge >= 0.3 is 0 Å². The number of ketones is 1. The Morgan fingerprint density at radius 2 is 1.59 bits per heavy atom. The zero-order chi connectivity index (χ0) is 19.2. The van der Waals surface area contributed by atoms with Gasteiger partial charge in [0.05, 0.1) is 14.2 Å². The fourth-order valence-electron chi connectivity index (χ4n) is 2.93. The molecule has 0 saturated carbocycles. The van der Waals surface area contributed by atoms with Gasteiger partial charge in [-0.3, -0.25) is 9.59 Å². The molecule has 0 aliphatic heterocycles. The summed E-state index contributed by atoms with van der Waals surface area (Å²) in [5.41, 5.74) is 1.24. The van der Waals surface area contributed by atoms with Crippen molar-refractivity contribution in [2.75, 3.05) is 19.5 Å². The molecular weight excluding hydrogens is 342 g/mol. The van der Waals surface area contributed by atoms with Crippen LogP contribution in [0, 0.1) is 0 Å². The summed E-state index contributed by atoms with van der Waals surface area (Å²) in [6.07, 6.45) is 0.225. The van der Waals surface area contributed by atoms with Crippen LogP contribution in [0.3, 0.4) is 0 Å². The van der Waals surface area contributed by atoms with Gasteiger partial charge in [-0.15, -0.1) is 0 Å². The van der Waals surface area contributed by atoms with E-state index in [1.54, 1.807) is 18.2 Å². The molecule has 1 N–H and O–H groups in total. The lowest BCUT2D eigenvalue weighted by Gasteiger charge is -2.10. The number of rotatable bonds is 7. The number of benzene rings is 3. The van der Waals surface area contributed by atoms with Crippen molar-refractivity contribution >= 4 is 28.2 Å². The van der Waals surface area contributed by atoms with Crippen molar-refractivity contribution < 1.29 is 19.1 Å². The van der Waals surface area contributed by atoms with Gasteiger partial charge in [0.1, 0.15) is 0 Å². The summed E-state index contributed by atoms with van der Waals surface area (Å²) < 4.78 is 10.4. The average molecular weight is 363 g/mol. The Bertz CT molecular complexity index is 976. The summed E-state index contributed by atoms with van der Waals surface area (Å²) in [5.74, 6) is 0.732. The molecule has 5 nitrogen and oxygen atoms in total. The molecule has 0 unspecified atom stereocenters. The normalized spacial score (nSPS) is 10.4. The third-order valence-corrected chi connectivity index (χ3v) is 4.35. The number of anilines is 1. The number of Topliss-reactive ketones (excluding diaryl/α,β-unsaturated/α-hetero) is 1. The molecule has 0 bridgehead atoms. The van der Waals surface area contributed by atoms with E-state index in [1.807, 2.05) is 42.5 Å². The van der Waals surface area contributed by atoms with E-state index in [4.69, 9.17) is 9.47 Å². The van der Waals surface area contributed by atoms with Crippen molar-refractivity contribution in [1.29, 1.82) is 0 Å². The molecule has 1 amide bonds. The van der Waals surface area contributed by atoms with Gasteiger partial charge in [-0.1, -0.05) is 36.4 Å². The first kappa shape index (κ1) is 18.5. The summed E-state index contributed by atoms with van der Waals surface area (Å²) in [5, 5.41) is 4.92. The molecule has 138 valence electrons. The standard InChI is InChI=1S/C22H21NO4/c1-26-20-12-10-16(14-21(20)27-2)19(24)11-13-22(25)23-18-9-5-7-15-6-3-4-8-17(15)18/h3-10,12,14H,11,13H2,1-2H3,(H,23,25). The lowest BCUT2D eigenvalue weighted by atomic mass is 10.1. The van der Waals surface area contributed by atoms with E-state index in [-0.39, 0.29) is 24.5 Å². The number of nitrogens with one attached hydrogen (secondary N) is 1. The van der Waals surface area contributed by atoms with E-state index in [0.29, 0.717) is 17.1 Å². The smallest absolute Gasteiger partial charge is 0.224 e. The van der Waals surface area contributed by atoms with Crippen LogP contribution in [0.1, 0.15) is 23.2 Å². The van der Waals surface area contributed by atoms with Crippen LogP contribution in [0.25, 0.3) is 10.8 Å². The first-order valence-electron chi connectivity index (χ1n) is 8.65. The quantitative estimate of drug-likeness (QED) is 0.630. The molecule has 3 aromatic carbocycles. The van der Waals surface area contributed by atoms with Crippen molar-refractivity contribution in [2.45, 2.75) is 12.8 Å². The minimum atomic E-state index is -0.194. The maximum atomic E-state index is 12.4.